The summed E-state index contributed by atoms with van der Waals surface area (Å²) >= 11 is 0. The van der Waals surface area contributed by atoms with Crippen molar-refractivity contribution in [2.24, 2.45) is 0 Å². The zero-order valence-corrected chi connectivity index (χ0v) is 11.3. The highest BCUT2D eigenvalue weighted by molar-refractivity contribution is 5.82. The third kappa shape index (κ3) is 3.36. The summed E-state index contributed by atoms with van der Waals surface area (Å²) in [5.74, 6) is 2.66. The lowest BCUT2D eigenvalue weighted by Crippen LogP contribution is -2.50. The number of rotatable bonds is 4. The van der Waals surface area contributed by atoms with Crippen LogP contribution < -0.4 is 10.6 Å². The Morgan fingerprint density at radius 2 is 2.26 bits per heavy atom. The fraction of sp³-hybridized carbons (Fsp3) is 0.438. The number of fused-ring (bicyclic) bond motifs is 1. The number of amides is 1. The molecule has 0 radical (unpaired) electrons. The summed E-state index contributed by atoms with van der Waals surface area (Å²) in [4.78, 5) is 12.2. The third-order valence-corrected chi connectivity index (χ3v) is 3.60. The Morgan fingerprint density at radius 3 is 2.95 bits per heavy atom. The molecule has 1 aliphatic heterocycles. The van der Waals surface area contributed by atoms with Crippen LogP contribution in [0.3, 0.4) is 0 Å². The van der Waals surface area contributed by atoms with Crippen molar-refractivity contribution >= 4 is 5.91 Å². The summed E-state index contributed by atoms with van der Waals surface area (Å²) in [6.07, 6.45) is 7.50. The number of carbonyl (C=O) groups is 1. The molecule has 3 nitrogen and oxygen atoms in total. The molecule has 3 heteroatoms. The second-order valence-electron chi connectivity index (χ2n) is 4.93. The van der Waals surface area contributed by atoms with Crippen molar-refractivity contribution in [2.45, 2.75) is 44.8 Å². The van der Waals surface area contributed by atoms with E-state index in [9.17, 15) is 4.79 Å². The minimum Gasteiger partial charge on any atom is -0.351 e. The lowest BCUT2D eigenvalue weighted by Gasteiger charge is -2.27. The van der Waals surface area contributed by atoms with Gasteiger partial charge >= 0.3 is 0 Å². The first-order valence-electron chi connectivity index (χ1n) is 6.78. The quantitative estimate of drug-likeness (QED) is 0.804. The summed E-state index contributed by atoms with van der Waals surface area (Å²) in [6, 6.07) is 8.17. The highest BCUT2D eigenvalue weighted by Crippen LogP contribution is 2.16. The second kappa shape index (κ2) is 6.40. The van der Waals surface area contributed by atoms with E-state index in [1.54, 1.807) is 0 Å². The van der Waals surface area contributed by atoms with Crippen molar-refractivity contribution in [3.63, 3.8) is 0 Å². The third-order valence-electron chi connectivity index (χ3n) is 3.60. The van der Waals surface area contributed by atoms with Gasteiger partial charge in [0.2, 0.25) is 5.91 Å². The van der Waals surface area contributed by atoms with E-state index >= 15 is 0 Å². The van der Waals surface area contributed by atoms with E-state index < -0.39 is 0 Å². The van der Waals surface area contributed by atoms with E-state index in [0.29, 0.717) is 6.42 Å². The number of hydrogen-bond acceptors (Lipinski definition) is 2. The fourth-order valence-corrected chi connectivity index (χ4v) is 2.38. The van der Waals surface area contributed by atoms with Gasteiger partial charge in [-0.25, -0.2) is 0 Å². The van der Waals surface area contributed by atoms with Gasteiger partial charge in [-0.1, -0.05) is 31.2 Å². The maximum absolute atomic E-state index is 12.2. The van der Waals surface area contributed by atoms with E-state index in [0.717, 1.165) is 19.4 Å². The molecule has 0 saturated heterocycles. The van der Waals surface area contributed by atoms with Crippen LogP contribution in [0.4, 0.5) is 0 Å². The molecule has 1 aromatic carbocycles. The molecule has 0 aromatic heterocycles. The normalized spacial score (nSPS) is 19.1. The van der Waals surface area contributed by atoms with Crippen molar-refractivity contribution in [3.8, 4) is 12.3 Å². The van der Waals surface area contributed by atoms with Crippen LogP contribution in [-0.4, -0.2) is 18.0 Å². The SMILES string of the molecule is C#CCC(CC)NC(=O)C1Cc2ccccc2CN1. The first-order chi connectivity index (χ1) is 9.24. The summed E-state index contributed by atoms with van der Waals surface area (Å²) < 4.78 is 0. The predicted octanol–water partition coefficient (Wildman–Crippen LogP) is 1.62. The molecule has 1 amide bonds. The Kier molecular flexibility index (Phi) is 4.59. The zero-order valence-electron chi connectivity index (χ0n) is 11.3. The lowest BCUT2D eigenvalue weighted by molar-refractivity contribution is -0.124. The molecule has 2 rings (SSSR count). The molecular formula is C16H20N2O. The average molecular weight is 256 g/mol. The van der Waals surface area contributed by atoms with Crippen LogP contribution in [-0.2, 0) is 17.8 Å². The average Bonchev–Trinajstić information content (AvgIpc) is 2.46. The molecule has 0 bridgehead atoms. The number of nitrogens with one attached hydrogen (secondary N) is 2. The Hall–Kier alpha value is -1.79. The highest BCUT2D eigenvalue weighted by Gasteiger charge is 2.24. The molecular weight excluding hydrogens is 236 g/mol. The van der Waals surface area contributed by atoms with Crippen LogP contribution in [0, 0.1) is 12.3 Å². The van der Waals surface area contributed by atoms with Crippen LogP contribution in [0.25, 0.3) is 0 Å². The van der Waals surface area contributed by atoms with Crippen molar-refractivity contribution < 1.29 is 4.79 Å². The van der Waals surface area contributed by atoms with Crippen molar-refractivity contribution in [1.82, 2.24) is 10.6 Å². The van der Waals surface area contributed by atoms with E-state index in [-0.39, 0.29) is 18.0 Å². The molecule has 1 aliphatic rings. The molecule has 0 spiro atoms. The van der Waals surface area contributed by atoms with Crippen LogP contribution >= 0.6 is 0 Å². The standard InChI is InChI=1S/C16H20N2O/c1-3-7-14(4-2)18-16(19)15-10-12-8-5-6-9-13(12)11-17-15/h1,5-6,8-9,14-15,17H,4,7,10-11H2,2H3,(H,18,19). The van der Waals surface area contributed by atoms with Crippen molar-refractivity contribution in [2.75, 3.05) is 0 Å². The monoisotopic (exact) mass is 256 g/mol. The number of benzene rings is 1. The topological polar surface area (TPSA) is 41.1 Å². The largest absolute Gasteiger partial charge is 0.351 e. The van der Waals surface area contributed by atoms with Crippen LogP contribution in [0.15, 0.2) is 24.3 Å². The van der Waals surface area contributed by atoms with Gasteiger partial charge in [0.15, 0.2) is 0 Å². The predicted molar refractivity (Wildman–Crippen MR) is 76.4 cm³/mol. The number of carbonyl (C=O) groups excluding carboxylic acids is 1. The van der Waals surface area contributed by atoms with Crippen LogP contribution in [0.1, 0.15) is 30.9 Å². The Labute approximate surface area is 114 Å². The summed E-state index contributed by atoms with van der Waals surface area (Å²) in [7, 11) is 0. The Morgan fingerprint density at radius 1 is 1.53 bits per heavy atom. The van der Waals surface area contributed by atoms with Gasteiger partial charge in [0.05, 0.1) is 6.04 Å². The maximum Gasteiger partial charge on any atom is 0.237 e. The van der Waals surface area contributed by atoms with Crippen molar-refractivity contribution in [1.29, 1.82) is 0 Å². The van der Waals surface area contributed by atoms with Gasteiger partial charge in [0, 0.05) is 19.0 Å². The van der Waals surface area contributed by atoms with Gasteiger partial charge in [-0.2, -0.15) is 0 Å². The molecule has 1 aromatic rings. The summed E-state index contributed by atoms with van der Waals surface area (Å²) in [5.41, 5.74) is 2.54. The van der Waals surface area contributed by atoms with Crippen molar-refractivity contribution in [3.05, 3.63) is 35.4 Å². The zero-order chi connectivity index (χ0) is 13.7. The number of hydrogen-bond donors (Lipinski definition) is 2. The molecule has 0 aliphatic carbocycles. The van der Waals surface area contributed by atoms with Gasteiger partial charge in [0.25, 0.3) is 0 Å². The molecule has 2 atom stereocenters. The second-order valence-corrected chi connectivity index (χ2v) is 4.93. The van der Waals surface area contributed by atoms with Gasteiger partial charge < -0.3 is 10.6 Å². The minimum atomic E-state index is -0.151. The molecule has 100 valence electrons. The number of terminal acetylenes is 1. The molecule has 19 heavy (non-hydrogen) atoms. The molecule has 2 unspecified atom stereocenters. The first-order valence-corrected chi connectivity index (χ1v) is 6.78. The summed E-state index contributed by atoms with van der Waals surface area (Å²) in [6.45, 7) is 2.78. The van der Waals surface area contributed by atoms with E-state index in [1.807, 2.05) is 19.1 Å². The Balaban J connectivity index is 1.97. The van der Waals surface area contributed by atoms with E-state index in [4.69, 9.17) is 6.42 Å². The summed E-state index contributed by atoms with van der Waals surface area (Å²) in [5, 5.41) is 6.31. The van der Waals surface area contributed by atoms with Gasteiger partial charge in [0.1, 0.15) is 0 Å². The molecule has 0 fully saturated rings. The van der Waals surface area contributed by atoms with Gasteiger partial charge in [-0.3, -0.25) is 4.79 Å². The smallest absolute Gasteiger partial charge is 0.237 e. The maximum atomic E-state index is 12.2. The van der Waals surface area contributed by atoms with Gasteiger partial charge in [-0.05, 0) is 24.0 Å². The highest BCUT2D eigenvalue weighted by atomic mass is 16.2. The van der Waals surface area contributed by atoms with E-state index in [1.165, 1.54) is 11.1 Å². The molecule has 0 saturated carbocycles. The lowest BCUT2D eigenvalue weighted by atomic mass is 9.95. The molecule has 1 heterocycles. The fourth-order valence-electron chi connectivity index (χ4n) is 2.38. The van der Waals surface area contributed by atoms with Crippen LogP contribution in [0.5, 0.6) is 0 Å². The minimum absolute atomic E-state index is 0.0524. The first kappa shape index (κ1) is 13.6. The van der Waals surface area contributed by atoms with Crippen LogP contribution in [0.2, 0.25) is 0 Å². The molecule has 2 N–H and O–H groups in total. The van der Waals surface area contributed by atoms with E-state index in [2.05, 4.69) is 28.7 Å². The van der Waals surface area contributed by atoms with Gasteiger partial charge in [-0.15, -0.1) is 12.3 Å². The Bertz CT molecular complexity index is 490.